The Morgan fingerprint density at radius 3 is 2.79 bits per heavy atom. The van der Waals surface area contributed by atoms with Gasteiger partial charge < -0.3 is 5.32 Å². The molecule has 1 heterocycles. The molecule has 1 N–H and O–H groups in total. The van der Waals surface area contributed by atoms with E-state index in [1.807, 2.05) is 6.92 Å². The molecule has 0 aliphatic carbocycles. The number of hydrogen-bond donors (Lipinski definition) is 1. The number of hydrogen-bond acceptors (Lipinski definition) is 3. The summed E-state index contributed by atoms with van der Waals surface area (Å²) in [5.41, 5.74) is 0.288. The first-order chi connectivity index (χ1) is 9.04. The van der Waals surface area contributed by atoms with Crippen LogP contribution in [0.15, 0.2) is 18.2 Å². The van der Waals surface area contributed by atoms with Crippen LogP contribution in [0.1, 0.15) is 23.7 Å². The molecule has 19 heavy (non-hydrogen) atoms. The maximum absolute atomic E-state index is 13.1. The maximum atomic E-state index is 13.1. The zero-order valence-corrected chi connectivity index (χ0v) is 10.4. The van der Waals surface area contributed by atoms with Crippen LogP contribution < -0.4 is 10.2 Å². The van der Waals surface area contributed by atoms with Crippen molar-refractivity contribution in [3.05, 3.63) is 29.6 Å². The zero-order valence-electron chi connectivity index (χ0n) is 10.4. The quantitative estimate of drug-likeness (QED) is 0.821. The number of ketones is 1. The first-order valence-corrected chi connectivity index (χ1v) is 5.97. The Morgan fingerprint density at radius 2 is 2.11 bits per heavy atom. The average molecular weight is 264 g/mol. The standard InChI is InChI=1S/C13H13FN2O3/c1-2-5-15-11(17)7-16-10-4-3-8(14)6-9(10)12(18)13(16)19/h3-4,6H,2,5,7H2,1H3,(H,15,17). The van der Waals surface area contributed by atoms with E-state index in [2.05, 4.69) is 5.32 Å². The molecule has 0 aromatic heterocycles. The van der Waals surface area contributed by atoms with Crippen LogP contribution >= 0.6 is 0 Å². The molecule has 6 heteroatoms. The number of nitrogens with one attached hydrogen (secondary N) is 1. The molecule has 5 nitrogen and oxygen atoms in total. The van der Waals surface area contributed by atoms with Crippen molar-refractivity contribution in [1.82, 2.24) is 5.32 Å². The van der Waals surface area contributed by atoms with Gasteiger partial charge >= 0.3 is 0 Å². The Kier molecular flexibility index (Phi) is 3.59. The van der Waals surface area contributed by atoms with Gasteiger partial charge in [-0.2, -0.15) is 0 Å². The van der Waals surface area contributed by atoms with Crippen molar-refractivity contribution in [3.63, 3.8) is 0 Å². The van der Waals surface area contributed by atoms with Gasteiger partial charge in [-0.05, 0) is 24.6 Å². The van der Waals surface area contributed by atoms with Crippen LogP contribution in [0.25, 0.3) is 0 Å². The Bertz CT molecular complexity index is 557. The SMILES string of the molecule is CCCNC(=O)CN1C(=O)C(=O)c2cc(F)ccc21. The van der Waals surface area contributed by atoms with Gasteiger partial charge in [-0.25, -0.2) is 4.39 Å². The summed E-state index contributed by atoms with van der Waals surface area (Å²) in [5.74, 6) is -2.51. The van der Waals surface area contributed by atoms with Gasteiger partial charge in [-0.3, -0.25) is 19.3 Å². The van der Waals surface area contributed by atoms with Crippen LogP contribution in [-0.4, -0.2) is 30.7 Å². The second-order valence-corrected chi connectivity index (χ2v) is 4.23. The van der Waals surface area contributed by atoms with Gasteiger partial charge in [0.1, 0.15) is 12.4 Å². The van der Waals surface area contributed by atoms with Crippen LogP contribution in [-0.2, 0) is 9.59 Å². The minimum atomic E-state index is -0.799. The van der Waals surface area contributed by atoms with Crippen LogP contribution in [0.5, 0.6) is 0 Å². The minimum absolute atomic E-state index is 0.00768. The van der Waals surface area contributed by atoms with Crippen molar-refractivity contribution in [2.24, 2.45) is 0 Å². The van der Waals surface area contributed by atoms with E-state index < -0.39 is 17.5 Å². The number of fused-ring (bicyclic) bond motifs is 1. The van der Waals surface area contributed by atoms with Crippen molar-refractivity contribution in [3.8, 4) is 0 Å². The summed E-state index contributed by atoms with van der Waals surface area (Å²) >= 11 is 0. The molecule has 1 aliphatic rings. The second kappa shape index (κ2) is 5.17. The number of carbonyl (C=O) groups is 3. The van der Waals surface area contributed by atoms with Crippen molar-refractivity contribution in [2.45, 2.75) is 13.3 Å². The zero-order chi connectivity index (χ0) is 14.0. The molecule has 100 valence electrons. The highest BCUT2D eigenvalue weighted by Gasteiger charge is 2.36. The van der Waals surface area contributed by atoms with Crippen molar-refractivity contribution in [2.75, 3.05) is 18.0 Å². The molecule has 1 aliphatic heterocycles. The lowest BCUT2D eigenvalue weighted by molar-refractivity contribution is -0.122. The Morgan fingerprint density at radius 1 is 1.37 bits per heavy atom. The molecule has 1 aromatic carbocycles. The van der Waals surface area contributed by atoms with E-state index in [1.54, 1.807) is 0 Å². The van der Waals surface area contributed by atoms with E-state index in [0.717, 1.165) is 23.5 Å². The highest BCUT2D eigenvalue weighted by Crippen LogP contribution is 2.29. The fraction of sp³-hybridized carbons (Fsp3) is 0.308. The van der Waals surface area contributed by atoms with E-state index in [0.29, 0.717) is 6.54 Å². The summed E-state index contributed by atoms with van der Waals surface area (Å²) in [7, 11) is 0. The normalized spacial score (nSPS) is 13.7. The van der Waals surface area contributed by atoms with Gasteiger partial charge in [0.2, 0.25) is 5.91 Å². The first-order valence-electron chi connectivity index (χ1n) is 5.97. The molecular weight excluding hydrogens is 251 g/mol. The van der Waals surface area contributed by atoms with E-state index >= 15 is 0 Å². The lowest BCUT2D eigenvalue weighted by Gasteiger charge is -2.15. The van der Waals surface area contributed by atoms with E-state index in [-0.39, 0.29) is 23.7 Å². The molecule has 0 saturated carbocycles. The van der Waals surface area contributed by atoms with Crippen molar-refractivity contribution >= 4 is 23.3 Å². The van der Waals surface area contributed by atoms with Crippen LogP contribution in [0, 0.1) is 5.82 Å². The molecule has 0 fully saturated rings. The number of anilines is 1. The van der Waals surface area contributed by atoms with Crippen LogP contribution in [0.4, 0.5) is 10.1 Å². The predicted octanol–water partition coefficient (Wildman–Crippen LogP) is 0.881. The summed E-state index contributed by atoms with van der Waals surface area (Å²) in [5, 5.41) is 2.62. The fourth-order valence-electron chi connectivity index (χ4n) is 1.89. The molecule has 2 amide bonds. The molecule has 0 spiro atoms. The molecule has 0 atom stereocenters. The fourth-order valence-corrected chi connectivity index (χ4v) is 1.89. The van der Waals surface area contributed by atoms with E-state index in [1.165, 1.54) is 6.07 Å². The summed E-state index contributed by atoms with van der Waals surface area (Å²) < 4.78 is 13.1. The van der Waals surface area contributed by atoms with Gasteiger partial charge in [-0.1, -0.05) is 6.92 Å². The first kappa shape index (κ1) is 13.2. The predicted molar refractivity (Wildman–Crippen MR) is 66.4 cm³/mol. The molecule has 1 aromatic rings. The summed E-state index contributed by atoms with van der Waals surface area (Å²) in [6.07, 6.45) is 0.778. The number of Topliss-reactive ketones (excluding diaryl/α,β-unsaturated/α-hetero) is 1. The average Bonchev–Trinajstić information content (AvgIpc) is 2.61. The molecule has 0 bridgehead atoms. The minimum Gasteiger partial charge on any atom is -0.355 e. The number of benzene rings is 1. The second-order valence-electron chi connectivity index (χ2n) is 4.23. The Balaban J connectivity index is 2.21. The lowest BCUT2D eigenvalue weighted by Crippen LogP contribution is -2.40. The Labute approximate surface area is 109 Å². The van der Waals surface area contributed by atoms with Gasteiger partial charge in [0.05, 0.1) is 11.3 Å². The Hall–Kier alpha value is -2.24. The van der Waals surface area contributed by atoms with E-state index in [9.17, 15) is 18.8 Å². The van der Waals surface area contributed by atoms with Gasteiger partial charge in [0.25, 0.3) is 11.7 Å². The monoisotopic (exact) mass is 264 g/mol. The molecule has 0 saturated heterocycles. The number of halogens is 1. The third-order valence-electron chi connectivity index (χ3n) is 2.81. The number of amides is 2. The molecule has 0 radical (unpaired) electrons. The third-order valence-corrected chi connectivity index (χ3v) is 2.81. The summed E-state index contributed by atoms with van der Waals surface area (Å²) in [6.45, 7) is 2.18. The number of rotatable bonds is 4. The van der Waals surface area contributed by atoms with Crippen LogP contribution in [0.3, 0.4) is 0 Å². The summed E-state index contributed by atoms with van der Waals surface area (Å²) in [6, 6.07) is 3.50. The van der Waals surface area contributed by atoms with Crippen molar-refractivity contribution < 1.29 is 18.8 Å². The molecular formula is C13H13FN2O3. The van der Waals surface area contributed by atoms with Crippen LogP contribution in [0.2, 0.25) is 0 Å². The van der Waals surface area contributed by atoms with E-state index in [4.69, 9.17) is 0 Å². The van der Waals surface area contributed by atoms with Gasteiger partial charge in [-0.15, -0.1) is 0 Å². The highest BCUT2D eigenvalue weighted by atomic mass is 19.1. The number of nitrogens with zero attached hydrogens (tertiary/aromatic N) is 1. The molecule has 2 rings (SSSR count). The van der Waals surface area contributed by atoms with Gasteiger partial charge in [0, 0.05) is 6.54 Å². The topological polar surface area (TPSA) is 66.5 Å². The van der Waals surface area contributed by atoms with Gasteiger partial charge in [0.15, 0.2) is 0 Å². The maximum Gasteiger partial charge on any atom is 0.299 e. The largest absolute Gasteiger partial charge is 0.355 e. The molecule has 0 unspecified atom stereocenters. The van der Waals surface area contributed by atoms with Crippen molar-refractivity contribution in [1.29, 1.82) is 0 Å². The summed E-state index contributed by atoms with van der Waals surface area (Å²) in [4.78, 5) is 36.1. The smallest absolute Gasteiger partial charge is 0.299 e. The number of carbonyl (C=O) groups excluding carboxylic acids is 3. The highest BCUT2D eigenvalue weighted by molar-refractivity contribution is 6.52. The lowest BCUT2D eigenvalue weighted by atomic mass is 10.1. The third kappa shape index (κ3) is 2.47.